The quantitative estimate of drug-likeness (QED) is 0.477. The van der Waals surface area contributed by atoms with Gasteiger partial charge in [-0.15, -0.1) is 0 Å². The highest BCUT2D eigenvalue weighted by Gasteiger charge is 2.09. The van der Waals surface area contributed by atoms with Crippen LogP contribution in [0.5, 0.6) is 0 Å². The predicted molar refractivity (Wildman–Crippen MR) is 74.2 cm³/mol. The fourth-order valence-electron chi connectivity index (χ4n) is 1.81. The number of benzene rings is 2. The van der Waals surface area contributed by atoms with Crippen LogP contribution in [-0.2, 0) is 9.53 Å². The Morgan fingerprint density at radius 1 is 1.26 bits per heavy atom. The number of hydrogen-bond acceptors (Lipinski definition) is 3. The van der Waals surface area contributed by atoms with Crippen molar-refractivity contribution in [2.75, 3.05) is 6.61 Å². The normalized spacial score (nSPS) is 11.1. The summed E-state index contributed by atoms with van der Waals surface area (Å²) in [4.78, 5) is 11.5. The Labute approximate surface area is 111 Å². The SMILES string of the molecule is CCOC(=O)/C(C#N)=C/c1ccc2ccccc2c1. The monoisotopic (exact) mass is 251 g/mol. The lowest BCUT2D eigenvalue weighted by Crippen LogP contribution is -2.05. The topological polar surface area (TPSA) is 50.1 Å². The van der Waals surface area contributed by atoms with Crippen molar-refractivity contribution in [2.45, 2.75) is 6.92 Å². The van der Waals surface area contributed by atoms with Crippen LogP contribution in [0.25, 0.3) is 16.8 Å². The van der Waals surface area contributed by atoms with E-state index in [-0.39, 0.29) is 12.2 Å². The average molecular weight is 251 g/mol. The van der Waals surface area contributed by atoms with E-state index in [1.165, 1.54) is 0 Å². The van der Waals surface area contributed by atoms with E-state index in [2.05, 4.69) is 0 Å². The second-order valence-corrected chi connectivity index (χ2v) is 4.00. The fourth-order valence-corrected chi connectivity index (χ4v) is 1.81. The number of carbonyl (C=O) groups is 1. The summed E-state index contributed by atoms with van der Waals surface area (Å²) in [5, 5.41) is 11.2. The van der Waals surface area contributed by atoms with Crippen molar-refractivity contribution in [3.05, 3.63) is 53.6 Å². The Morgan fingerprint density at radius 2 is 2.00 bits per heavy atom. The number of nitriles is 1. The van der Waals surface area contributed by atoms with Gasteiger partial charge < -0.3 is 4.74 Å². The molecule has 0 N–H and O–H groups in total. The number of rotatable bonds is 3. The molecule has 2 aromatic carbocycles. The molecule has 0 atom stereocenters. The van der Waals surface area contributed by atoms with Crippen molar-refractivity contribution in [3.63, 3.8) is 0 Å². The van der Waals surface area contributed by atoms with Gasteiger partial charge in [-0.2, -0.15) is 5.26 Å². The molecule has 0 amide bonds. The smallest absolute Gasteiger partial charge is 0.348 e. The van der Waals surface area contributed by atoms with Crippen LogP contribution < -0.4 is 0 Å². The van der Waals surface area contributed by atoms with Crippen molar-refractivity contribution in [2.24, 2.45) is 0 Å². The molecule has 3 heteroatoms. The summed E-state index contributed by atoms with van der Waals surface area (Å²) in [7, 11) is 0. The third-order valence-electron chi connectivity index (χ3n) is 2.70. The van der Waals surface area contributed by atoms with Gasteiger partial charge in [-0.25, -0.2) is 4.79 Å². The lowest BCUT2D eigenvalue weighted by atomic mass is 10.1. The largest absolute Gasteiger partial charge is 0.462 e. The first-order valence-electron chi connectivity index (χ1n) is 6.02. The molecule has 0 saturated heterocycles. The number of nitrogens with zero attached hydrogens (tertiary/aromatic N) is 1. The van der Waals surface area contributed by atoms with E-state index in [9.17, 15) is 4.79 Å². The van der Waals surface area contributed by atoms with E-state index in [0.717, 1.165) is 16.3 Å². The van der Waals surface area contributed by atoms with Gasteiger partial charge in [0.2, 0.25) is 0 Å². The van der Waals surface area contributed by atoms with E-state index in [1.807, 2.05) is 48.5 Å². The number of carbonyl (C=O) groups excluding carboxylic acids is 1. The first kappa shape index (κ1) is 12.8. The third kappa shape index (κ3) is 2.99. The third-order valence-corrected chi connectivity index (χ3v) is 2.70. The van der Waals surface area contributed by atoms with Crippen LogP contribution in [0.3, 0.4) is 0 Å². The van der Waals surface area contributed by atoms with Gasteiger partial charge in [0.15, 0.2) is 0 Å². The first-order valence-corrected chi connectivity index (χ1v) is 6.02. The minimum atomic E-state index is -0.585. The maximum Gasteiger partial charge on any atom is 0.348 e. The molecule has 0 aliphatic rings. The second kappa shape index (κ2) is 5.83. The minimum absolute atomic E-state index is 0.0112. The molecule has 0 spiro atoms. The molecule has 0 unspecified atom stereocenters. The van der Waals surface area contributed by atoms with Crippen LogP contribution in [0, 0.1) is 11.3 Å². The molecular formula is C16H13NO2. The second-order valence-electron chi connectivity index (χ2n) is 4.00. The Hall–Kier alpha value is -2.60. The molecule has 19 heavy (non-hydrogen) atoms. The molecule has 0 aliphatic carbocycles. The van der Waals surface area contributed by atoms with Crippen LogP contribution in [0.2, 0.25) is 0 Å². The molecule has 94 valence electrons. The molecule has 0 fully saturated rings. The lowest BCUT2D eigenvalue weighted by Gasteiger charge is -2.01. The summed E-state index contributed by atoms with van der Waals surface area (Å²) in [5.74, 6) is -0.585. The molecule has 0 bridgehead atoms. The zero-order valence-electron chi connectivity index (χ0n) is 10.6. The highest BCUT2D eigenvalue weighted by molar-refractivity contribution is 5.98. The first-order chi connectivity index (χ1) is 9.24. The highest BCUT2D eigenvalue weighted by atomic mass is 16.5. The van der Waals surface area contributed by atoms with Crippen molar-refractivity contribution in [3.8, 4) is 6.07 Å². The lowest BCUT2D eigenvalue weighted by molar-refractivity contribution is -0.137. The van der Waals surface area contributed by atoms with Gasteiger partial charge in [0.25, 0.3) is 0 Å². The summed E-state index contributed by atoms with van der Waals surface area (Å²) in [5.41, 5.74) is 0.820. The Bertz CT molecular complexity index is 680. The highest BCUT2D eigenvalue weighted by Crippen LogP contribution is 2.17. The predicted octanol–water partition coefficient (Wildman–Crippen LogP) is 3.31. The van der Waals surface area contributed by atoms with Gasteiger partial charge >= 0.3 is 5.97 Å². The van der Waals surface area contributed by atoms with Gasteiger partial charge in [0.05, 0.1) is 6.61 Å². The molecule has 0 aliphatic heterocycles. The maximum atomic E-state index is 11.5. The van der Waals surface area contributed by atoms with Crippen LogP contribution in [0.15, 0.2) is 48.0 Å². The number of esters is 1. The zero-order chi connectivity index (χ0) is 13.7. The minimum Gasteiger partial charge on any atom is -0.462 e. The molecular weight excluding hydrogens is 238 g/mol. The molecule has 0 radical (unpaired) electrons. The van der Waals surface area contributed by atoms with Gasteiger partial charge in [-0.3, -0.25) is 0 Å². The van der Waals surface area contributed by atoms with E-state index in [0.29, 0.717) is 0 Å². The number of hydrogen-bond donors (Lipinski definition) is 0. The molecule has 0 heterocycles. The summed E-state index contributed by atoms with van der Waals surface area (Å²) < 4.78 is 4.82. The Morgan fingerprint density at radius 3 is 2.68 bits per heavy atom. The van der Waals surface area contributed by atoms with Crippen LogP contribution in [0.1, 0.15) is 12.5 Å². The summed E-state index contributed by atoms with van der Waals surface area (Å²) in [6, 6.07) is 15.6. The van der Waals surface area contributed by atoms with E-state index in [4.69, 9.17) is 10.00 Å². The van der Waals surface area contributed by atoms with Gasteiger partial charge in [0, 0.05) is 0 Å². The molecule has 0 aromatic heterocycles. The van der Waals surface area contributed by atoms with Crippen molar-refractivity contribution in [1.29, 1.82) is 5.26 Å². The van der Waals surface area contributed by atoms with Crippen molar-refractivity contribution < 1.29 is 9.53 Å². The van der Waals surface area contributed by atoms with E-state index < -0.39 is 5.97 Å². The van der Waals surface area contributed by atoms with Crippen LogP contribution in [0.4, 0.5) is 0 Å². The van der Waals surface area contributed by atoms with Crippen LogP contribution in [-0.4, -0.2) is 12.6 Å². The molecule has 2 aromatic rings. The van der Waals surface area contributed by atoms with Crippen LogP contribution >= 0.6 is 0 Å². The summed E-state index contributed by atoms with van der Waals surface area (Å²) >= 11 is 0. The van der Waals surface area contributed by atoms with Crippen molar-refractivity contribution >= 4 is 22.8 Å². The Kier molecular flexibility index (Phi) is 3.94. The Balaban J connectivity index is 2.38. The average Bonchev–Trinajstić information content (AvgIpc) is 2.44. The van der Waals surface area contributed by atoms with Gasteiger partial charge in [-0.1, -0.05) is 36.4 Å². The zero-order valence-corrected chi connectivity index (χ0v) is 10.6. The van der Waals surface area contributed by atoms with Gasteiger partial charge in [0.1, 0.15) is 11.6 Å². The summed E-state index contributed by atoms with van der Waals surface area (Å²) in [6.07, 6.45) is 1.55. The number of ether oxygens (including phenoxy) is 1. The van der Waals surface area contributed by atoms with Gasteiger partial charge in [-0.05, 0) is 35.4 Å². The summed E-state index contributed by atoms with van der Waals surface area (Å²) in [6.45, 7) is 1.97. The maximum absolute atomic E-state index is 11.5. The van der Waals surface area contributed by atoms with Crippen molar-refractivity contribution in [1.82, 2.24) is 0 Å². The standard InChI is InChI=1S/C16H13NO2/c1-2-19-16(18)15(11-17)10-12-7-8-13-5-3-4-6-14(13)9-12/h3-10H,2H2,1H3/b15-10+. The van der Waals surface area contributed by atoms with E-state index in [1.54, 1.807) is 13.0 Å². The van der Waals surface area contributed by atoms with E-state index >= 15 is 0 Å². The molecule has 2 rings (SSSR count). The molecule has 3 nitrogen and oxygen atoms in total. The fraction of sp³-hybridized carbons (Fsp3) is 0.125. The molecule has 0 saturated carbocycles. The number of fused-ring (bicyclic) bond motifs is 1.